The van der Waals surface area contributed by atoms with E-state index in [1.54, 1.807) is 0 Å². The number of thiocarbonyl (C=S) groups is 1. The van der Waals surface area contributed by atoms with Crippen LogP contribution in [0.25, 0.3) is 6.08 Å². The molecule has 0 spiro atoms. The first-order chi connectivity index (χ1) is 14.1. The van der Waals surface area contributed by atoms with Crippen LogP contribution in [0.1, 0.15) is 43.7 Å². The van der Waals surface area contributed by atoms with Crippen molar-refractivity contribution >= 4 is 40.3 Å². The van der Waals surface area contributed by atoms with Crippen LogP contribution in [0, 0.1) is 0 Å². The molecule has 0 aromatic heterocycles. The van der Waals surface area contributed by atoms with E-state index in [4.69, 9.17) is 21.7 Å². The van der Waals surface area contributed by atoms with E-state index in [0.717, 1.165) is 29.9 Å². The number of hydrogen-bond donors (Lipinski definition) is 1. The summed E-state index contributed by atoms with van der Waals surface area (Å²) in [5.74, 6) is 2.11. The summed E-state index contributed by atoms with van der Waals surface area (Å²) in [5.41, 5.74) is 2.19. The number of thioether (sulfide) groups is 1. The van der Waals surface area contributed by atoms with Gasteiger partial charge in [-0.25, -0.2) is 0 Å². The third-order valence-electron chi connectivity index (χ3n) is 4.70. The quantitative estimate of drug-likeness (QED) is 0.324. The zero-order valence-electron chi connectivity index (χ0n) is 16.6. The number of nitrogens with one attached hydrogen (secondary N) is 1. The third-order valence-corrected chi connectivity index (χ3v) is 5.86. The fourth-order valence-corrected chi connectivity index (χ4v) is 3.95. The summed E-state index contributed by atoms with van der Waals surface area (Å²) in [6, 6.07) is 15.9. The zero-order valence-corrected chi connectivity index (χ0v) is 18.3. The topological polar surface area (TPSA) is 47.6 Å². The van der Waals surface area contributed by atoms with Gasteiger partial charge in [0.05, 0.1) is 18.1 Å². The summed E-state index contributed by atoms with van der Waals surface area (Å²) in [6.45, 7) is 5.60. The van der Waals surface area contributed by atoms with Crippen LogP contribution in [-0.2, 0) is 4.79 Å². The molecule has 1 amide bonds. The monoisotopic (exact) mass is 427 g/mol. The summed E-state index contributed by atoms with van der Waals surface area (Å²) in [6.07, 6.45) is 3.72. The molecule has 1 unspecified atom stereocenters. The summed E-state index contributed by atoms with van der Waals surface area (Å²) in [5, 5.41) is 2.61. The fourth-order valence-electron chi connectivity index (χ4n) is 2.90. The molecule has 1 aliphatic heterocycles. The number of carbonyl (C=O) groups excluding carboxylic acids is 1. The Morgan fingerprint density at radius 2 is 1.83 bits per heavy atom. The number of rotatable bonds is 9. The minimum absolute atomic E-state index is 0.143. The van der Waals surface area contributed by atoms with E-state index in [0.29, 0.717) is 28.4 Å². The van der Waals surface area contributed by atoms with Gasteiger partial charge in [-0.1, -0.05) is 68.2 Å². The van der Waals surface area contributed by atoms with Gasteiger partial charge in [-0.05, 0) is 47.7 Å². The Labute approximate surface area is 181 Å². The molecule has 1 fully saturated rings. The highest BCUT2D eigenvalue weighted by Gasteiger charge is 2.21. The SMILES string of the molecule is CCC(C)c1ccccc1OCCCOc1ccc(/C=C2/SC(=S)NC2=O)cc1. The average molecular weight is 428 g/mol. The van der Waals surface area contributed by atoms with Crippen molar-refractivity contribution in [2.75, 3.05) is 13.2 Å². The molecule has 0 radical (unpaired) electrons. The maximum Gasteiger partial charge on any atom is 0.263 e. The Bertz CT molecular complexity index is 893. The Hall–Kier alpha value is -2.31. The number of para-hydroxylation sites is 1. The smallest absolute Gasteiger partial charge is 0.263 e. The second-order valence-electron chi connectivity index (χ2n) is 6.82. The van der Waals surface area contributed by atoms with Gasteiger partial charge in [0.1, 0.15) is 15.8 Å². The average Bonchev–Trinajstić information content (AvgIpc) is 3.05. The number of carbonyl (C=O) groups is 1. The lowest BCUT2D eigenvalue weighted by Gasteiger charge is -2.15. The van der Waals surface area contributed by atoms with Crippen LogP contribution in [0.2, 0.25) is 0 Å². The van der Waals surface area contributed by atoms with Gasteiger partial charge in [-0.2, -0.15) is 0 Å². The fraction of sp³-hybridized carbons (Fsp3) is 0.304. The van der Waals surface area contributed by atoms with Crippen molar-refractivity contribution in [1.82, 2.24) is 5.32 Å². The highest BCUT2D eigenvalue weighted by molar-refractivity contribution is 8.26. The lowest BCUT2D eigenvalue weighted by atomic mass is 9.98. The summed E-state index contributed by atoms with van der Waals surface area (Å²) in [7, 11) is 0. The van der Waals surface area contributed by atoms with E-state index >= 15 is 0 Å². The van der Waals surface area contributed by atoms with E-state index in [1.807, 2.05) is 42.5 Å². The Morgan fingerprint density at radius 3 is 2.52 bits per heavy atom. The summed E-state index contributed by atoms with van der Waals surface area (Å²) < 4.78 is 12.3. The first-order valence-electron chi connectivity index (χ1n) is 9.76. The molecule has 152 valence electrons. The largest absolute Gasteiger partial charge is 0.493 e. The van der Waals surface area contributed by atoms with Crippen LogP contribution in [0.3, 0.4) is 0 Å². The first-order valence-corrected chi connectivity index (χ1v) is 11.0. The second-order valence-corrected chi connectivity index (χ2v) is 8.54. The summed E-state index contributed by atoms with van der Waals surface area (Å²) in [4.78, 5) is 12.3. The van der Waals surface area contributed by atoms with Gasteiger partial charge >= 0.3 is 0 Å². The molecular formula is C23H25NO3S2. The van der Waals surface area contributed by atoms with Gasteiger partial charge < -0.3 is 14.8 Å². The molecule has 2 aromatic carbocycles. The second kappa shape index (κ2) is 10.5. The Kier molecular flexibility index (Phi) is 7.72. The third kappa shape index (κ3) is 6.08. The molecule has 0 saturated carbocycles. The van der Waals surface area contributed by atoms with Crippen molar-refractivity contribution < 1.29 is 14.3 Å². The van der Waals surface area contributed by atoms with Crippen molar-refractivity contribution in [1.29, 1.82) is 0 Å². The lowest BCUT2D eigenvalue weighted by Crippen LogP contribution is -2.17. The minimum atomic E-state index is -0.143. The van der Waals surface area contributed by atoms with E-state index in [1.165, 1.54) is 17.3 Å². The minimum Gasteiger partial charge on any atom is -0.493 e. The number of ether oxygens (including phenoxy) is 2. The van der Waals surface area contributed by atoms with Gasteiger partial charge in [0.25, 0.3) is 5.91 Å². The molecule has 1 aliphatic rings. The molecule has 0 bridgehead atoms. The van der Waals surface area contributed by atoms with Crippen molar-refractivity contribution in [3.63, 3.8) is 0 Å². The number of benzene rings is 2. The van der Waals surface area contributed by atoms with Gasteiger partial charge in [-0.15, -0.1) is 0 Å². The lowest BCUT2D eigenvalue weighted by molar-refractivity contribution is -0.115. The standard InChI is InChI=1S/C23H25NO3S2/c1-3-16(2)19-7-4-5-8-20(19)27-14-6-13-26-18-11-9-17(10-12-18)15-21-22(25)24-23(28)29-21/h4-5,7-12,15-16H,3,6,13-14H2,1-2H3,(H,24,25,28)/b21-15+. The van der Waals surface area contributed by atoms with Crippen LogP contribution in [0.4, 0.5) is 0 Å². The molecular weight excluding hydrogens is 402 g/mol. The molecule has 0 aliphatic carbocycles. The van der Waals surface area contributed by atoms with Crippen molar-refractivity contribution in [3.05, 3.63) is 64.6 Å². The molecule has 29 heavy (non-hydrogen) atoms. The molecule has 6 heteroatoms. The molecule has 1 saturated heterocycles. The highest BCUT2D eigenvalue weighted by atomic mass is 32.2. The van der Waals surface area contributed by atoms with Crippen LogP contribution in [-0.4, -0.2) is 23.4 Å². The molecule has 2 aromatic rings. The number of hydrogen-bond acceptors (Lipinski definition) is 5. The van der Waals surface area contributed by atoms with E-state index in [9.17, 15) is 4.79 Å². The molecule has 1 heterocycles. The maximum atomic E-state index is 11.7. The van der Waals surface area contributed by atoms with Crippen LogP contribution >= 0.6 is 24.0 Å². The van der Waals surface area contributed by atoms with E-state index in [-0.39, 0.29) is 5.91 Å². The predicted molar refractivity (Wildman–Crippen MR) is 124 cm³/mol. The van der Waals surface area contributed by atoms with Crippen LogP contribution in [0.15, 0.2) is 53.4 Å². The zero-order chi connectivity index (χ0) is 20.6. The van der Waals surface area contributed by atoms with Crippen LogP contribution < -0.4 is 14.8 Å². The van der Waals surface area contributed by atoms with Crippen LogP contribution in [0.5, 0.6) is 11.5 Å². The molecule has 1 atom stereocenters. The van der Waals surface area contributed by atoms with Crippen molar-refractivity contribution in [3.8, 4) is 11.5 Å². The van der Waals surface area contributed by atoms with E-state index < -0.39 is 0 Å². The Balaban J connectivity index is 1.44. The predicted octanol–water partition coefficient (Wildman–Crippen LogP) is 5.54. The number of amides is 1. The molecule has 3 rings (SSSR count). The maximum absolute atomic E-state index is 11.7. The van der Waals surface area contributed by atoms with E-state index in [2.05, 4.69) is 31.3 Å². The Morgan fingerprint density at radius 1 is 1.10 bits per heavy atom. The van der Waals surface area contributed by atoms with Gasteiger partial charge in [0.15, 0.2) is 0 Å². The molecule has 1 N–H and O–H groups in total. The van der Waals surface area contributed by atoms with Gasteiger partial charge in [-0.3, -0.25) is 4.79 Å². The summed E-state index contributed by atoms with van der Waals surface area (Å²) >= 11 is 6.28. The van der Waals surface area contributed by atoms with Gasteiger partial charge in [0.2, 0.25) is 0 Å². The normalized spacial score (nSPS) is 16.0. The highest BCUT2D eigenvalue weighted by Crippen LogP contribution is 2.28. The molecule has 4 nitrogen and oxygen atoms in total. The first kappa shape index (κ1) is 21.4. The van der Waals surface area contributed by atoms with Crippen molar-refractivity contribution in [2.45, 2.75) is 32.6 Å². The van der Waals surface area contributed by atoms with Crippen molar-refractivity contribution in [2.24, 2.45) is 0 Å². The van der Waals surface area contributed by atoms with Gasteiger partial charge in [0, 0.05) is 6.42 Å².